The number of hydrogen-bond donors (Lipinski definition) is 2. The van der Waals surface area contributed by atoms with Crippen molar-refractivity contribution in [2.45, 2.75) is 6.54 Å². The van der Waals surface area contributed by atoms with Crippen molar-refractivity contribution in [3.05, 3.63) is 58.1 Å². The lowest BCUT2D eigenvalue weighted by atomic mass is 10.2. The van der Waals surface area contributed by atoms with Gasteiger partial charge in [-0.3, -0.25) is 9.59 Å². The topological polar surface area (TPSA) is 78.1 Å². The van der Waals surface area contributed by atoms with Crippen molar-refractivity contribution >= 4 is 11.7 Å². The van der Waals surface area contributed by atoms with Crippen LogP contribution in [0.25, 0.3) is 0 Å². The van der Waals surface area contributed by atoms with Crippen LogP contribution in [0.1, 0.15) is 15.9 Å². The van der Waals surface area contributed by atoms with Crippen LogP contribution in [-0.2, 0) is 6.54 Å². The summed E-state index contributed by atoms with van der Waals surface area (Å²) in [5.41, 5.74) is 1.15. The summed E-state index contributed by atoms with van der Waals surface area (Å²) in [6, 6.07) is 6.57. The molecule has 0 aliphatic carbocycles. The third kappa shape index (κ3) is 3.44. The molecule has 6 heteroatoms. The van der Waals surface area contributed by atoms with Gasteiger partial charge in [-0.2, -0.15) is 0 Å². The fourth-order valence-electron chi connectivity index (χ4n) is 1.65. The first-order valence-electron chi connectivity index (χ1n) is 6.15. The minimum absolute atomic E-state index is 0.230. The Morgan fingerprint density at radius 2 is 2.15 bits per heavy atom. The van der Waals surface area contributed by atoms with Crippen molar-refractivity contribution in [1.29, 1.82) is 0 Å². The van der Waals surface area contributed by atoms with E-state index < -0.39 is 0 Å². The summed E-state index contributed by atoms with van der Waals surface area (Å²) in [4.78, 5) is 31.4. The molecule has 2 rings (SSSR count). The highest BCUT2D eigenvalue weighted by Crippen LogP contribution is 2.09. The lowest BCUT2D eigenvalue weighted by Gasteiger charge is -2.12. The summed E-state index contributed by atoms with van der Waals surface area (Å²) in [5.74, 6) is 0.602. The number of rotatable bonds is 4. The third-order valence-corrected chi connectivity index (χ3v) is 2.77. The van der Waals surface area contributed by atoms with Crippen LogP contribution in [0.2, 0.25) is 0 Å². The van der Waals surface area contributed by atoms with E-state index in [0.29, 0.717) is 12.1 Å². The monoisotopic (exact) mass is 272 g/mol. The van der Waals surface area contributed by atoms with Gasteiger partial charge in [-0.1, -0.05) is 0 Å². The van der Waals surface area contributed by atoms with Gasteiger partial charge in [0, 0.05) is 39.1 Å². The highest BCUT2D eigenvalue weighted by Gasteiger charge is 2.05. The molecule has 0 atom stereocenters. The van der Waals surface area contributed by atoms with Crippen molar-refractivity contribution < 1.29 is 4.79 Å². The molecule has 0 aromatic carbocycles. The Morgan fingerprint density at radius 1 is 1.35 bits per heavy atom. The smallest absolute Gasteiger partial charge is 0.253 e. The predicted molar refractivity (Wildman–Crippen MR) is 76.8 cm³/mol. The van der Waals surface area contributed by atoms with E-state index in [1.165, 1.54) is 18.3 Å². The molecule has 104 valence electrons. The zero-order valence-corrected chi connectivity index (χ0v) is 11.4. The zero-order chi connectivity index (χ0) is 14.5. The van der Waals surface area contributed by atoms with E-state index in [4.69, 9.17) is 0 Å². The van der Waals surface area contributed by atoms with E-state index in [1.54, 1.807) is 6.20 Å². The number of amides is 1. The highest BCUT2D eigenvalue weighted by molar-refractivity contribution is 5.93. The maximum absolute atomic E-state index is 11.9. The molecule has 6 nitrogen and oxygen atoms in total. The molecule has 0 bridgehead atoms. The molecule has 0 radical (unpaired) electrons. The van der Waals surface area contributed by atoms with E-state index in [1.807, 2.05) is 31.1 Å². The second-order valence-electron chi connectivity index (χ2n) is 4.54. The minimum atomic E-state index is -0.232. The molecular formula is C14H16N4O2. The van der Waals surface area contributed by atoms with Crippen molar-refractivity contribution in [3.63, 3.8) is 0 Å². The standard InChI is InChI=1S/C14H16N4O2/c1-18(2)12-7-10(5-6-15-12)8-17-14(20)11-3-4-13(19)16-9-11/h3-7,9H,8H2,1-2H3,(H,16,19)(H,17,20). The summed E-state index contributed by atoms with van der Waals surface area (Å²) >= 11 is 0. The zero-order valence-electron chi connectivity index (χ0n) is 11.4. The quantitative estimate of drug-likeness (QED) is 0.861. The number of anilines is 1. The first-order valence-corrected chi connectivity index (χ1v) is 6.15. The molecule has 0 spiro atoms. The van der Waals surface area contributed by atoms with Gasteiger partial charge in [0.1, 0.15) is 5.82 Å². The second kappa shape index (κ2) is 6.01. The summed E-state index contributed by atoms with van der Waals surface area (Å²) in [6.45, 7) is 0.404. The fraction of sp³-hybridized carbons (Fsp3) is 0.214. The summed E-state index contributed by atoms with van der Waals surface area (Å²) in [7, 11) is 3.82. The van der Waals surface area contributed by atoms with E-state index >= 15 is 0 Å². The Hall–Kier alpha value is -2.63. The number of nitrogens with zero attached hydrogens (tertiary/aromatic N) is 2. The van der Waals surface area contributed by atoms with Gasteiger partial charge in [-0.05, 0) is 23.8 Å². The van der Waals surface area contributed by atoms with Crippen molar-refractivity contribution in [2.24, 2.45) is 0 Å². The average molecular weight is 272 g/mol. The first kappa shape index (κ1) is 13.8. The van der Waals surface area contributed by atoms with Crippen LogP contribution in [0.4, 0.5) is 5.82 Å². The predicted octanol–water partition coefficient (Wildman–Crippen LogP) is 0.766. The van der Waals surface area contributed by atoms with Gasteiger partial charge in [-0.25, -0.2) is 4.98 Å². The molecule has 0 saturated heterocycles. The van der Waals surface area contributed by atoms with Gasteiger partial charge in [0.25, 0.3) is 5.91 Å². The molecule has 2 N–H and O–H groups in total. The first-order chi connectivity index (χ1) is 9.56. The van der Waals surface area contributed by atoms with Crippen LogP contribution in [0, 0.1) is 0 Å². The molecule has 2 aromatic heterocycles. The fourth-order valence-corrected chi connectivity index (χ4v) is 1.65. The molecule has 0 saturated carbocycles. The Morgan fingerprint density at radius 3 is 2.80 bits per heavy atom. The van der Waals surface area contributed by atoms with E-state index in [9.17, 15) is 9.59 Å². The van der Waals surface area contributed by atoms with Gasteiger partial charge in [-0.15, -0.1) is 0 Å². The van der Waals surface area contributed by atoms with Gasteiger partial charge in [0.05, 0.1) is 5.56 Å². The number of carbonyl (C=O) groups excluding carboxylic acids is 1. The van der Waals surface area contributed by atoms with E-state index in [-0.39, 0.29) is 11.5 Å². The lowest BCUT2D eigenvalue weighted by molar-refractivity contribution is 0.0950. The summed E-state index contributed by atoms with van der Waals surface area (Å²) < 4.78 is 0. The lowest BCUT2D eigenvalue weighted by Crippen LogP contribution is -2.24. The molecule has 0 aliphatic heterocycles. The van der Waals surface area contributed by atoms with Crippen molar-refractivity contribution in [3.8, 4) is 0 Å². The van der Waals surface area contributed by atoms with Crippen LogP contribution >= 0.6 is 0 Å². The number of aromatic amines is 1. The summed E-state index contributed by atoms with van der Waals surface area (Å²) in [6.07, 6.45) is 3.10. The molecule has 0 fully saturated rings. The number of carbonyl (C=O) groups is 1. The normalized spacial score (nSPS) is 10.1. The maximum Gasteiger partial charge on any atom is 0.253 e. The highest BCUT2D eigenvalue weighted by atomic mass is 16.1. The number of hydrogen-bond acceptors (Lipinski definition) is 4. The minimum Gasteiger partial charge on any atom is -0.363 e. The number of nitrogens with one attached hydrogen (secondary N) is 2. The Bertz CT molecular complexity index is 644. The van der Waals surface area contributed by atoms with Gasteiger partial charge in [0.15, 0.2) is 0 Å². The number of aromatic nitrogens is 2. The van der Waals surface area contributed by atoms with Gasteiger partial charge >= 0.3 is 0 Å². The van der Waals surface area contributed by atoms with Crippen molar-refractivity contribution in [2.75, 3.05) is 19.0 Å². The van der Waals surface area contributed by atoms with Gasteiger partial charge < -0.3 is 15.2 Å². The van der Waals surface area contributed by atoms with Gasteiger partial charge in [0.2, 0.25) is 5.56 Å². The largest absolute Gasteiger partial charge is 0.363 e. The Kier molecular flexibility index (Phi) is 4.14. The molecule has 20 heavy (non-hydrogen) atoms. The Labute approximate surface area is 116 Å². The Balaban J connectivity index is 2.01. The molecule has 0 unspecified atom stereocenters. The average Bonchev–Trinajstić information content (AvgIpc) is 2.46. The van der Waals surface area contributed by atoms with E-state index in [0.717, 1.165) is 11.4 Å². The van der Waals surface area contributed by atoms with E-state index in [2.05, 4.69) is 15.3 Å². The number of pyridine rings is 2. The molecule has 2 aromatic rings. The van der Waals surface area contributed by atoms with Crippen LogP contribution < -0.4 is 15.8 Å². The second-order valence-corrected chi connectivity index (χ2v) is 4.54. The molecular weight excluding hydrogens is 256 g/mol. The molecule has 2 heterocycles. The summed E-state index contributed by atoms with van der Waals surface area (Å²) in [5, 5.41) is 2.79. The van der Waals surface area contributed by atoms with Crippen LogP contribution in [0.3, 0.4) is 0 Å². The van der Waals surface area contributed by atoms with Crippen LogP contribution in [0.15, 0.2) is 41.5 Å². The van der Waals surface area contributed by atoms with Crippen LogP contribution in [0.5, 0.6) is 0 Å². The maximum atomic E-state index is 11.9. The number of H-pyrrole nitrogens is 1. The molecule has 0 aliphatic rings. The van der Waals surface area contributed by atoms with Crippen molar-refractivity contribution in [1.82, 2.24) is 15.3 Å². The SMILES string of the molecule is CN(C)c1cc(CNC(=O)c2ccc(=O)[nH]c2)ccn1. The van der Waals surface area contributed by atoms with Crippen LogP contribution in [-0.4, -0.2) is 30.0 Å². The molecule has 1 amide bonds. The third-order valence-electron chi connectivity index (χ3n) is 2.77.